The van der Waals surface area contributed by atoms with Crippen molar-refractivity contribution >= 4 is 33.8 Å². The molecular formula is C43H30N4. The first kappa shape index (κ1) is 27.2. The Kier molecular flexibility index (Phi) is 6.57. The molecule has 47 heavy (non-hydrogen) atoms. The normalized spacial score (nSPS) is 12.4. The minimum absolute atomic E-state index is 0.654. The summed E-state index contributed by atoms with van der Waals surface area (Å²) in [5.74, 6) is 1.98. The van der Waals surface area contributed by atoms with E-state index in [1.54, 1.807) is 0 Å². The molecule has 0 saturated heterocycles. The van der Waals surface area contributed by atoms with Crippen molar-refractivity contribution in [3.63, 3.8) is 0 Å². The topological polar surface area (TPSA) is 43.6 Å². The van der Waals surface area contributed by atoms with Gasteiger partial charge in [-0.15, -0.1) is 0 Å². The van der Waals surface area contributed by atoms with Crippen molar-refractivity contribution in [1.82, 2.24) is 19.5 Å². The Balaban J connectivity index is 1.08. The number of fused-ring (bicyclic) bond motifs is 4. The quantitative estimate of drug-likeness (QED) is 0.198. The zero-order valence-corrected chi connectivity index (χ0v) is 25.7. The van der Waals surface area contributed by atoms with Crippen LogP contribution >= 0.6 is 0 Å². The SMILES string of the molecule is C1=c2c(n(-c3ccc(-c4ccc(-c5nc(-c6ccccc6)nc(-c6ccc7ccccc7c6)n5)cc4)cc3)c3ccccc23)=CCC1. The molecule has 2 heterocycles. The molecule has 2 aromatic heterocycles. The maximum Gasteiger partial charge on any atom is 0.164 e. The lowest BCUT2D eigenvalue weighted by Crippen LogP contribution is -2.30. The first-order chi connectivity index (χ1) is 23.3. The molecule has 1 aliphatic rings. The van der Waals surface area contributed by atoms with E-state index in [0.29, 0.717) is 17.5 Å². The van der Waals surface area contributed by atoms with Crippen LogP contribution < -0.4 is 10.6 Å². The highest BCUT2D eigenvalue weighted by Crippen LogP contribution is 2.29. The lowest BCUT2D eigenvalue weighted by Gasteiger charge is -2.11. The maximum atomic E-state index is 4.98. The number of aromatic nitrogens is 4. The number of hydrogen-bond acceptors (Lipinski definition) is 3. The van der Waals surface area contributed by atoms with E-state index in [0.717, 1.165) is 40.5 Å². The van der Waals surface area contributed by atoms with Gasteiger partial charge in [0, 0.05) is 38.3 Å². The summed E-state index contributed by atoms with van der Waals surface area (Å²) in [7, 11) is 0. The average Bonchev–Trinajstić information content (AvgIpc) is 3.49. The van der Waals surface area contributed by atoms with Gasteiger partial charge in [-0.2, -0.15) is 0 Å². The molecule has 4 nitrogen and oxygen atoms in total. The summed E-state index contributed by atoms with van der Waals surface area (Å²) in [5, 5.41) is 6.31. The summed E-state index contributed by atoms with van der Waals surface area (Å²) >= 11 is 0. The summed E-state index contributed by atoms with van der Waals surface area (Å²) in [6.07, 6.45) is 6.92. The highest BCUT2D eigenvalue weighted by Gasteiger charge is 2.14. The third-order valence-corrected chi connectivity index (χ3v) is 9.08. The monoisotopic (exact) mass is 602 g/mol. The number of hydrogen-bond donors (Lipinski definition) is 0. The van der Waals surface area contributed by atoms with Gasteiger partial charge in [0.25, 0.3) is 0 Å². The van der Waals surface area contributed by atoms with Crippen molar-refractivity contribution < 1.29 is 0 Å². The standard InChI is InChI=1S/C43H30N4/c1-2-11-32(12-3-1)41-44-42(46-43(45-41)35-23-20-29-10-4-5-13-34(29)28-35)33-21-18-30(19-22-33)31-24-26-36(27-25-31)47-39-16-8-6-14-37(39)38-15-7-9-17-40(38)47/h1-6,8,10-28H,7,9H2. The van der Waals surface area contributed by atoms with Gasteiger partial charge in [-0.05, 0) is 59.0 Å². The third kappa shape index (κ3) is 4.91. The van der Waals surface area contributed by atoms with Crippen LogP contribution in [0.2, 0.25) is 0 Å². The molecule has 0 unspecified atom stereocenters. The van der Waals surface area contributed by atoms with E-state index in [9.17, 15) is 0 Å². The van der Waals surface area contributed by atoms with Crippen molar-refractivity contribution in [1.29, 1.82) is 0 Å². The Labute approximate surface area is 272 Å². The fourth-order valence-electron chi connectivity index (χ4n) is 6.72. The first-order valence-corrected chi connectivity index (χ1v) is 16.1. The van der Waals surface area contributed by atoms with Crippen LogP contribution in [0.3, 0.4) is 0 Å². The van der Waals surface area contributed by atoms with Crippen molar-refractivity contribution in [2.45, 2.75) is 12.8 Å². The van der Waals surface area contributed by atoms with E-state index in [4.69, 9.17) is 15.0 Å². The van der Waals surface area contributed by atoms with Gasteiger partial charge in [0.05, 0.1) is 5.52 Å². The Bertz CT molecular complexity index is 2550. The summed E-state index contributed by atoms with van der Waals surface area (Å²) in [5.41, 5.74) is 7.61. The van der Waals surface area contributed by atoms with Crippen LogP contribution in [0.1, 0.15) is 12.8 Å². The Hall–Kier alpha value is -6.13. The summed E-state index contributed by atoms with van der Waals surface area (Å²) < 4.78 is 2.39. The molecule has 0 aliphatic heterocycles. The molecule has 1 aliphatic carbocycles. The highest BCUT2D eigenvalue weighted by atomic mass is 15.0. The minimum Gasteiger partial charge on any atom is -0.310 e. The zero-order chi connectivity index (χ0) is 31.2. The molecule has 0 radical (unpaired) electrons. The molecular weight excluding hydrogens is 573 g/mol. The fourth-order valence-corrected chi connectivity index (χ4v) is 6.72. The van der Waals surface area contributed by atoms with E-state index >= 15 is 0 Å². The van der Waals surface area contributed by atoms with E-state index in [1.807, 2.05) is 30.3 Å². The highest BCUT2D eigenvalue weighted by molar-refractivity contribution is 5.87. The molecule has 222 valence electrons. The smallest absolute Gasteiger partial charge is 0.164 e. The minimum atomic E-state index is 0.654. The largest absolute Gasteiger partial charge is 0.310 e. The van der Waals surface area contributed by atoms with Gasteiger partial charge in [0.1, 0.15) is 0 Å². The second kappa shape index (κ2) is 11.3. The van der Waals surface area contributed by atoms with E-state index in [1.165, 1.54) is 38.1 Å². The number of nitrogens with zero attached hydrogens (tertiary/aromatic N) is 4. The van der Waals surface area contributed by atoms with Crippen LogP contribution in [0.25, 0.3) is 84.8 Å². The van der Waals surface area contributed by atoms with Gasteiger partial charge < -0.3 is 4.57 Å². The molecule has 4 heteroatoms. The van der Waals surface area contributed by atoms with E-state index in [2.05, 4.69) is 132 Å². The predicted octanol–water partition coefficient (Wildman–Crippen LogP) is 8.99. The van der Waals surface area contributed by atoms with Gasteiger partial charge in [0.15, 0.2) is 17.5 Å². The van der Waals surface area contributed by atoms with Gasteiger partial charge in [-0.3, -0.25) is 0 Å². The molecule has 0 N–H and O–H groups in total. The molecule has 0 fully saturated rings. The predicted molar refractivity (Wildman–Crippen MR) is 193 cm³/mol. The summed E-state index contributed by atoms with van der Waals surface area (Å²) in [6.45, 7) is 0. The fraction of sp³-hybridized carbons (Fsp3) is 0.0465. The van der Waals surface area contributed by atoms with Gasteiger partial charge in [-0.25, -0.2) is 15.0 Å². The van der Waals surface area contributed by atoms with Gasteiger partial charge in [0.2, 0.25) is 0 Å². The van der Waals surface area contributed by atoms with Gasteiger partial charge >= 0.3 is 0 Å². The van der Waals surface area contributed by atoms with Crippen molar-refractivity contribution in [2.75, 3.05) is 0 Å². The molecule has 0 spiro atoms. The van der Waals surface area contributed by atoms with Crippen LogP contribution in [0.5, 0.6) is 0 Å². The van der Waals surface area contributed by atoms with E-state index < -0.39 is 0 Å². The average molecular weight is 603 g/mol. The van der Waals surface area contributed by atoms with E-state index in [-0.39, 0.29) is 0 Å². The Morgan fingerprint density at radius 2 is 0.979 bits per heavy atom. The van der Waals surface area contributed by atoms with Crippen molar-refractivity contribution in [3.05, 3.63) is 156 Å². The molecule has 0 amide bonds. The van der Waals surface area contributed by atoms with Crippen LogP contribution in [-0.4, -0.2) is 19.5 Å². The Morgan fingerprint density at radius 1 is 0.426 bits per heavy atom. The molecule has 0 atom stereocenters. The second-order valence-electron chi connectivity index (χ2n) is 12.0. The summed E-state index contributed by atoms with van der Waals surface area (Å²) in [6, 6.07) is 51.0. The summed E-state index contributed by atoms with van der Waals surface area (Å²) in [4.78, 5) is 14.8. The molecule has 9 rings (SSSR count). The lowest BCUT2D eigenvalue weighted by molar-refractivity contribution is 1.02. The third-order valence-electron chi connectivity index (χ3n) is 9.08. The molecule has 0 bridgehead atoms. The lowest BCUT2D eigenvalue weighted by atomic mass is 10.0. The van der Waals surface area contributed by atoms with Crippen molar-refractivity contribution in [2.24, 2.45) is 0 Å². The number of para-hydroxylation sites is 1. The molecule has 0 saturated carbocycles. The molecule has 8 aromatic rings. The number of rotatable bonds is 5. The van der Waals surface area contributed by atoms with Gasteiger partial charge in [-0.1, -0.05) is 133 Å². The second-order valence-corrected chi connectivity index (χ2v) is 12.0. The van der Waals surface area contributed by atoms with Crippen LogP contribution in [0.15, 0.2) is 146 Å². The van der Waals surface area contributed by atoms with Crippen molar-refractivity contribution in [3.8, 4) is 51.0 Å². The first-order valence-electron chi connectivity index (χ1n) is 16.1. The van der Waals surface area contributed by atoms with Crippen LogP contribution in [0.4, 0.5) is 0 Å². The van der Waals surface area contributed by atoms with Crippen LogP contribution in [-0.2, 0) is 0 Å². The molecule has 6 aromatic carbocycles. The number of benzene rings is 6. The zero-order valence-electron chi connectivity index (χ0n) is 25.7. The van der Waals surface area contributed by atoms with Crippen LogP contribution in [0, 0.1) is 0 Å². The maximum absolute atomic E-state index is 4.98. The Morgan fingerprint density at radius 3 is 1.74 bits per heavy atom.